The highest BCUT2D eigenvalue weighted by molar-refractivity contribution is 5.76. The lowest BCUT2D eigenvalue weighted by atomic mass is 10.1. The van der Waals surface area contributed by atoms with Crippen molar-refractivity contribution < 1.29 is 18.8 Å². The Hall–Kier alpha value is -2.45. The van der Waals surface area contributed by atoms with Crippen molar-refractivity contribution in [3.8, 4) is 17.1 Å². The molecule has 8 heteroatoms. The minimum atomic E-state index is 0.115. The van der Waals surface area contributed by atoms with Gasteiger partial charge in [0.15, 0.2) is 0 Å². The van der Waals surface area contributed by atoms with Gasteiger partial charge in [0.1, 0.15) is 5.75 Å². The fourth-order valence-electron chi connectivity index (χ4n) is 3.19. The van der Waals surface area contributed by atoms with Crippen molar-refractivity contribution in [3.05, 3.63) is 30.2 Å². The van der Waals surface area contributed by atoms with Crippen LogP contribution in [0.1, 0.15) is 31.6 Å². The molecule has 8 nitrogen and oxygen atoms in total. The van der Waals surface area contributed by atoms with Gasteiger partial charge in [-0.2, -0.15) is 4.98 Å². The average molecular weight is 388 g/mol. The average Bonchev–Trinajstić information content (AvgIpc) is 3.22. The van der Waals surface area contributed by atoms with Crippen LogP contribution in [0.5, 0.6) is 5.75 Å². The second kappa shape index (κ2) is 10.2. The first-order chi connectivity index (χ1) is 13.7. The van der Waals surface area contributed by atoms with Crippen LogP contribution in [0.2, 0.25) is 0 Å². The summed E-state index contributed by atoms with van der Waals surface area (Å²) in [4.78, 5) is 18.7. The molecule has 0 saturated carbocycles. The number of ether oxygens (including phenoxy) is 2. The fraction of sp³-hybridized carbons (Fsp3) is 0.550. The quantitative estimate of drug-likeness (QED) is 0.656. The van der Waals surface area contributed by atoms with Crippen molar-refractivity contribution in [2.75, 3.05) is 33.4 Å². The molecule has 1 aliphatic rings. The molecule has 1 amide bonds. The van der Waals surface area contributed by atoms with Crippen molar-refractivity contribution >= 4 is 5.91 Å². The number of methoxy groups -OCH3 is 1. The van der Waals surface area contributed by atoms with Crippen molar-refractivity contribution in [1.82, 2.24) is 15.0 Å². The molecule has 0 radical (unpaired) electrons. The molecule has 0 unspecified atom stereocenters. The SMILES string of the molecule is COc1ccc(-c2noc(CCC(=O)N3CCC(OCCCN)CC3)n2)cc1. The Bertz CT molecular complexity index is 739. The monoisotopic (exact) mass is 388 g/mol. The zero-order chi connectivity index (χ0) is 19.8. The van der Waals surface area contributed by atoms with Crippen LogP contribution < -0.4 is 10.5 Å². The highest BCUT2D eigenvalue weighted by Gasteiger charge is 2.23. The van der Waals surface area contributed by atoms with Gasteiger partial charge in [0.05, 0.1) is 13.2 Å². The van der Waals surface area contributed by atoms with Gasteiger partial charge in [-0.25, -0.2) is 0 Å². The van der Waals surface area contributed by atoms with Gasteiger partial charge in [-0.15, -0.1) is 0 Å². The first-order valence-electron chi connectivity index (χ1n) is 9.76. The van der Waals surface area contributed by atoms with E-state index in [1.807, 2.05) is 29.2 Å². The van der Waals surface area contributed by atoms with E-state index in [9.17, 15) is 4.79 Å². The number of aryl methyl sites for hydroxylation is 1. The topological polar surface area (TPSA) is 104 Å². The van der Waals surface area contributed by atoms with Crippen LogP contribution in [0, 0.1) is 0 Å². The molecule has 1 saturated heterocycles. The lowest BCUT2D eigenvalue weighted by Crippen LogP contribution is -2.41. The lowest BCUT2D eigenvalue weighted by Gasteiger charge is -2.32. The van der Waals surface area contributed by atoms with Gasteiger partial charge in [0.25, 0.3) is 0 Å². The van der Waals surface area contributed by atoms with Crippen LogP contribution in [-0.4, -0.2) is 60.4 Å². The third kappa shape index (κ3) is 5.53. The molecule has 3 rings (SSSR count). The maximum absolute atomic E-state index is 12.5. The number of carbonyl (C=O) groups excluding carboxylic acids is 1. The van der Waals surface area contributed by atoms with E-state index in [0.29, 0.717) is 37.7 Å². The molecule has 1 fully saturated rings. The maximum Gasteiger partial charge on any atom is 0.227 e. The molecule has 0 aliphatic carbocycles. The minimum Gasteiger partial charge on any atom is -0.497 e. The predicted octanol–water partition coefficient (Wildman–Crippen LogP) is 2.03. The van der Waals surface area contributed by atoms with Crippen LogP contribution in [0.4, 0.5) is 0 Å². The van der Waals surface area contributed by atoms with Gasteiger partial charge < -0.3 is 24.6 Å². The molecule has 2 N–H and O–H groups in total. The van der Waals surface area contributed by atoms with E-state index in [2.05, 4.69) is 10.1 Å². The third-order valence-electron chi connectivity index (χ3n) is 4.87. The number of benzene rings is 1. The maximum atomic E-state index is 12.5. The van der Waals surface area contributed by atoms with E-state index in [1.54, 1.807) is 7.11 Å². The Kier molecular flexibility index (Phi) is 7.39. The van der Waals surface area contributed by atoms with Crippen molar-refractivity contribution in [1.29, 1.82) is 0 Å². The number of nitrogens with two attached hydrogens (primary N) is 1. The Morgan fingerprint density at radius 2 is 2.04 bits per heavy atom. The number of carbonyl (C=O) groups is 1. The summed E-state index contributed by atoms with van der Waals surface area (Å²) in [5.74, 6) is 1.87. The number of aromatic nitrogens is 2. The lowest BCUT2D eigenvalue weighted by molar-refractivity contribution is -0.133. The summed E-state index contributed by atoms with van der Waals surface area (Å²) in [5.41, 5.74) is 6.32. The van der Waals surface area contributed by atoms with E-state index < -0.39 is 0 Å². The summed E-state index contributed by atoms with van der Waals surface area (Å²) in [6.07, 6.45) is 3.66. The fourth-order valence-corrected chi connectivity index (χ4v) is 3.19. The van der Waals surface area contributed by atoms with Crippen molar-refractivity contribution in [2.45, 2.75) is 38.2 Å². The predicted molar refractivity (Wildman–Crippen MR) is 104 cm³/mol. The van der Waals surface area contributed by atoms with E-state index >= 15 is 0 Å². The number of rotatable bonds is 9. The zero-order valence-electron chi connectivity index (χ0n) is 16.3. The Labute approximate surface area is 165 Å². The van der Waals surface area contributed by atoms with Gasteiger partial charge in [0, 0.05) is 38.1 Å². The van der Waals surface area contributed by atoms with E-state index in [-0.39, 0.29) is 12.0 Å². The summed E-state index contributed by atoms with van der Waals surface area (Å²) in [5, 5.41) is 4.00. The largest absolute Gasteiger partial charge is 0.497 e. The molecule has 0 atom stereocenters. The van der Waals surface area contributed by atoms with Gasteiger partial charge in [-0.3, -0.25) is 4.79 Å². The van der Waals surface area contributed by atoms with Crippen LogP contribution in [-0.2, 0) is 16.0 Å². The van der Waals surface area contributed by atoms with E-state index in [1.165, 1.54) is 0 Å². The van der Waals surface area contributed by atoms with Crippen molar-refractivity contribution in [2.24, 2.45) is 5.73 Å². The molecule has 2 heterocycles. The molecule has 1 aromatic carbocycles. The summed E-state index contributed by atoms with van der Waals surface area (Å²) in [6, 6.07) is 7.44. The van der Waals surface area contributed by atoms with Gasteiger partial charge in [0.2, 0.25) is 17.6 Å². The smallest absolute Gasteiger partial charge is 0.227 e. The number of hydrogen-bond donors (Lipinski definition) is 1. The zero-order valence-corrected chi connectivity index (χ0v) is 16.3. The molecular formula is C20H28N4O4. The van der Waals surface area contributed by atoms with Gasteiger partial charge in [-0.1, -0.05) is 5.16 Å². The Morgan fingerprint density at radius 3 is 2.71 bits per heavy atom. The standard InChI is InChI=1S/C20H28N4O4/c1-26-16-5-3-15(4-6-16)20-22-18(28-23-20)7-8-19(25)24-12-9-17(10-13-24)27-14-2-11-21/h3-6,17H,2,7-14,21H2,1H3. The second-order valence-electron chi connectivity index (χ2n) is 6.83. The molecule has 0 bridgehead atoms. The summed E-state index contributed by atoms with van der Waals surface area (Å²) >= 11 is 0. The molecule has 152 valence electrons. The van der Waals surface area contributed by atoms with Crippen LogP contribution in [0.25, 0.3) is 11.4 Å². The Balaban J connectivity index is 1.43. The van der Waals surface area contributed by atoms with Gasteiger partial charge >= 0.3 is 0 Å². The first kappa shape index (κ1) is 20.3. The molecule has 2 aromatic rings. The second-order valence-corrected chi connectivity index (χ2v) is 6.83. The number of amides is 1. The number of hydrogen-bond acceptors (Lipinski definition) is 7. The summed E-state index contributed by atoms with van der Waals surface area (Å²) in [6.45, 7) is 2.80. The number of nitrogens with zero attached hydrogens (tertiary/aromatic N) is 3. The van der Waals surface area contributed by atoms with Crippen molar-refractivity contribution in [3.63, 3.8) is 0 Å². The number of likely N-dealkylation sites (tertiary alicyclic amines) is 1. The van der Waals surface area contributed by atoms with Crippen LogP contribution in [0.15, 0.2) is 28.8 Å². The normalized spacial score (nSPS) is 15.0. The summed E-state index contributed by atoms with van der Waals surface area (Å²) < 4.78 is 16.2. The van der Waals surface area contributed by atoms with Crippen LogP contribution in [0.3, 0.4) is 0 Å². The highest BCUT2D eigenvalue weighted by atomic mass is 16.5. The van der Waals surface area contributed by atoms with E-state index in [0.717, 1.165) is 43.7 Å². The Morgan fingerprint density at radius 1 is 1.29 bits per heavy atom. The first-order valence-corrected chi connectivity index (χ1v) is 9.76. The molecule has 1 aromatic heterocycles. The highest BCUT2D eigenvalue weighted by Crippen LogP contribution is 2.20. The van der Waals surface area contributed by atoms with Crippen LogP contribution >= 0.6 is 0 Å². The molecule has 0 spiro atoms. The minimum absolute atomic E-state index is 0.115. The number of piperidine rings is 1. The third-order valence-corrected chi connectivity index (χ3v) is 4.87. The molecule has 28 heavy (non-hydrogen) atoms. The van der Waals surface area contributed by atoms with Gasteiger partial charge in [-0.05, 0) is 50.1 Å². The molecular weight excluding hydrogens is 360 g/mol. The summed E-state index contributed by atoms with van der Waals surface area (Å²) in [7, 11) is 1.62. The molecule has 1 aliphatic heterocycles. The van der Waals surface area contributed by atoms with E-state index in [4.69, 9.17) is 19.7 Å².